The minimum atomic E-state index is -1.03. The number of hydrogen-bond acceptors (Lipinski definition) is 10. The molecule has 0 unspecified atom stereocenters. The molecule has 6 heterocycles. The van der Waals surface area contributed by atoms with Gasteiger partial charge in [0.05, 0.1) is 49.9 Å². The second-order valence-corrected chi connectivity index (χ2v) is 11.2. The molecule has 1 spiro atoms. The monoisotopic (exact) mass is 540 g/mol. The van der Waals surface area contributed by atoms with Gasteiger partial charge < -0.3 is 39.5 Å². The van der Waals surface area contributed by atoms with Crippen molar-refractivity contribution in [1.82, 2.24) is 20.3 Å². The number of piperidine rings is 1. The molecule has 210 valence electrons. The number of aromatic nitrogens is 3. The fraction of sp³-hybridized carbons (Fsp3) is 0.630. The van der Waals surface area contributed by atoms with Crippen molar-refractivity contribution in [3.8, 4) is 17.0 Å². The standard InChI is InChI=1S/C27H36N6O6/c1-16-23(31-26(35)36)27(15-39-16)4-7-32(8-5-27)24-21(12-34)30-20(10-29-24)19-3-6-28-25-22(19)38-14-18-9-17(13-37-2)11-33(18)25/h3,6,10,16-18,23,31,34H,4-5,7-9,11-15H2,1-2H3,(H,35,36)/t16-,17-,18-,23+/m0/s1. The van der Waals surface area contributed by atoms with Crippen LogP contribution in [0.25, 0.3) is 11.3 Å². The molecule has 0 aromatic carbocycles. The van der Waals surface area contributed by atoms with Crippen molar-refractivity contribution in [2.24, 2.45) is 11.3 Å². The first-order chi connectivity index (χ1) is 18.9. The lowest BCUT2D eigenvalue weighted by Gasteiger charge is -2.42. The fourth-order valence-electron chi connectivity index (χ4n) is 6.88. The lowest BCUT2D eigenvalue weighted by molar-refractivity contribution is 0.0970. The van der Waals surface area contributed by atoms with E-state index >= 15 is 0 Å². The van der Waals surface area contributed by atoms with Gasteiger partial charge in [-0.25, -0.2) is 19.7 Å². The van der Waals surface area contributed by atoms with E-state index in [0.717, 1.165) is 43.8 Å². The quantitative estimate of drug-likeness (QED) is 0.494. The van der Waals surface area contributed by atoms with Crippen molar-refractivity contribution < 1.29 is 29.2 Å². The first-order valence-electron chi connectivity index (χ1n) is 13.6. The molecule has 2 aromatic rings. The first kappa shape index (κ1) is 26.0. The van der Waals surface area contributed by atoms with Gasteiger partial charge in [-0.2, -0.15) is 0 Å². The predicted octanol–water partition coefficient (Wildman–Crippen LogP) is 1.91. The number of fused-ring (bicyclic) bond motifs is 3. The number of methoxy groups -OCH3 is 1. The van der Waals surface area contributed by atoms with Crippen LogP contribution in [0.15, 0.2) is 18.5 Å². The highest BCUT2D eigenvalue weighted by Gasteiger charge is 2.50. The van der Waals surface area contributed by atoms with Crippen LogP contribution in [-0.2, 0) is 16.1 Å². The van der Waals surface area contributed by atoms with E-state index in [1.165, 1.54) is 0 Å². The first-order valence-corrected chi connectivity index (χ1v) is 13.6. The summed E-state index contributed by atoms with van der Waals surface area (Å²) in [5.74, 6) is 2.61. The van der Waals surface area contributed by atoms with E-state index in [4.69, 9.17) is 24.2 Å². The van der Waals surface area contributed by atoms with Gasteiger partial charge in [0.2, 0.25) is 0 Å². The minimum Gasteiger partial charge on any atom is -0.487 e. The third-order valence-electron chi connectivity index (χ3n) is 8.83. The summed E-state index contributed by atoms with van der Waals surface area (Å²) in [5.41, 5.74) is 1.69. The summed E-state index contributed by atoms with van der Waals surface area (Å²) in [4.78, 5) is 30.0. The van der Waals surface area contributed by atoms with Gasteiger partial charge in [0.25, 0.3) is 0 Å². The average molecular weight is 541 g/mol. The Hall–Kier alpha value is -3.22. The van der Waals surface area contributed by atoms with Crippen LogP contribution in [0.4, 0.5) is 16.4 Å². The number of amides is 1. The third kappa shape index (κ3) is 4.64. The van der Waals surface area contributed by atoms with Gasteiger partial charge in [-0.1, -0.05) is 0 Å². The van der Waals surface area contributed by atoms with Gasteiger partial charge >= 0.3 is 6.09 Å². The van der Waals surface area contributed by atoms with Gasteiger partial charge in [-0.15, -0.1) is 0 Å². The van der Waals surface area contributed by atoms with Crippen LogP contribution in [-0.4, -0.2) is 96.0 Å². The van der Waals surface area contributed by atoms with E-state index in [-0.39, 0.29) is 30.2 Å². The third-order valence-corrected chi connectivity index (χ3v) is 8.83. The smallest absolute Gasteiger partial charge is 0.404 e. The zero-order chi connectivity index (χ0) is 27.1. The summed E-state index contributed by atoms with van der Waals surface area (Å²) in [6, 6.07) is 1.91. The van der Waals surface area contributed by atoms with Gasteiger partial charge in [0.1, 0.15) is 12.3 Å². The molecule has 6 rings (SSSR count). The molecule has 3 fully saturated rings. The Morgan fingerprint density at radius 2 is 2.10 bits per heavy atom. The van der Waals surface area contributed by atoms with E-state index in [2.05, 4.69) is 20.1 Å². The van der Waals surface area contributed by atoms with Gasteiger partial charge in [-0.3, -0.25) is 0 Å². The van der Waals surface area contributed by atoms with Crippen molar-refractivity contribution in [3.63, 3.8) is 0 Å². The molecular weight excluding hydrogens is 504 g/mol. The van der Waals surface area contributed by atoms with Crippen LogP contribution in [0.1, 0.15) is 31.9 Å². The number of carbonyl (C=O) groups is 1. The fourth-order valence-corrected chi connectivity index (χ4v) is 6.88. The zero-order valence-electron chi connectivity index (χ0n) is 22.4. The number of rotatable bonds is 6. The van der Waals surface area contributed by atoms with Crippen molar-refractivity contribution in [2.45, 2.75) is 51.0 Å². The summed E-state index contributed by atoms with van der Waals surface area (Å²) in [7, 11) is 1.73. The van der Waals surface area contributed by atoms with Crippen molar-refractivity contribution in [1.29, 1.82) is 0 Å². The SMILES string of the molecule is COC[C@H]1C[C@H]2COc3c(-c4cnc(N5CCC6(CC5)CO[C@@H](C)[C@H]6NC(=O)O)c(CO)n4)ccnc3N2C1. The highest BCUT2D eigenvalue weighted by molar-refractivity contribution is 5.75. The Kier molecular flexibility index (Phi) is 6.94. The summed E-state index contributed by atoms with van der Waals surface area (Å²) in [6.07, 6.45) is 4.82. The lowest BCUT2D eigenvalue weighted by Crippen LogP contribution is -2.54. The number of carboxylic acid groups (broad SMARTS) is 1. The molecule has 4 aliphatic rings. The van der Waals surface area contributed by atoms with Gasteiger partial charge in [0, 0.05) is 49.8 Å². The van der Waals surface area contributed by atoms with Crippen LogP contribution >= 0.6 is 0 Å². The predicted molar refractivity (Wildman–Crippen MR) is 142 cm³/mol. The molecule has 12 nitrogen and oxygen atoms in total. The molecule has 0 saturated carbocycles. The van der Waals surface area contributed by atoms with E-state index in [9.17, 15) is 15.0 Å². The highest BCUT2D eigenvalue weighted by atomic mass is 16.5. The normalized spacial score (nSPS) is 27.3. The summed E-state index contributed by atoms with van der Waals surface area (Å²) in [6.45, 7) is 5.71. The average Bonchev–Trinajstić information content (AvgIpc) is 3.49. The van der Waals surface area contributed by atoms with Crippen molar-refractivity contribution in [3.05, 3.63) is 24.2 Å². The maximum atomic E-state index is 11.4. The number of aliphatic hydroxyl groups excluding tert-OH is 1. The maximum absolute atomic E-state index is 11.4. The number of hydrogen-bond donors (Lipinski definition) is 3. The van der Waals surface area contributed by atoms with Crippen LogP contribution in [0.5, 0.6) is 5.75 Å². The molecule has 39 heavy (non-hydrogen) atoms. The molecule has 2 aromatic heterocycles. The molecular formula is C27H36N6O6. The van der Waals surface area contributed by atoms with Crippen LogP contribution in [0, 0.1) is 11.3 Å². The van der Waals surface area contributed by atoms with E-state index in [1.807, 2.05) is 13.0 Å². The molecule has 4 aliphatic heterocycles. The molecule has 0 bridgehead atoms. The second kappa shape index (κ2) is 10.4. The summed E-state index contributed by atoms with van der Waals surface area (Å²) in [5, 5.41) is 22.3. The number of pyridine rings is 1. The summed E-state index contributed by atoms with van der Waals surface area (Å²) >= 11 is 0. The van der Waals surface area contributed by atoms with Crippen molar-refractivity contribution >= 4 is 17.7 Å². The molecule has 4 atom stereocenters. The minimum absolute atomic E-state index is 0.171. The molecule has 0 aliphatic carbocycles. The van der Waals surface area contributed by atoms with Crippen LogP contribution in [0.3, 0.4) is 0 Å². The molecule has 0 radical (unpaired) electrons. The second-order valence-electron chi connectivity index (χ2n) is 11.2. The van der Waals surface area contributed by atoms with Crippen molar-refractivity contribution in [2.75, 3.05) is 56.4 Å². The number of nitrogens with zero attached hydrogens (tertiary/aromatic N) is 5. The van der Waals surface area contributed by atoms with Crippen LogP contribution < -0.4 is 19.9 Å². The molecule has 1 amide bonds. The zero-order valence-corrected chi connectivity index (χ0v) is 22.4. The number of anilines is 2. The Morgan fingerprint density at radius 3 is 2.85 bits per heavy atom. The Balaban J connectivity index is 1.22. The number of nitrogens with one attached hydrogen (secondary N) is 1. The molecule has 12 heteroatoms. The Labute approximate surface area is 227 Å². The van der Waals surface area contributed by atoms with E-state index < -0.39 is 6.09 Å². The number of aliphatic hydroxyl groups is 1. The summed E-state index contributed by atoms with van der Waals surface area (Å²) < 4.78 is 17.5. The Morgan fingerprint density at radius 1 is 1.28 bits per heavy atom. The van der Waals surface area contributed by atoms with Gasteiger partial charge in [-0.05, 0) is 32.3 Å². The Bertz CT molecular complexity index is 1220. The molecule has 3 saturated heterocycles. The van der Waals surface area contributed by atoms with Gasteiger partial charge in [0.15, 0.2) is 17.4 Å². The highest BCUT2D eigenvalue weighted by Crippen LogP contribution is 2.45. The lowest BCUT2D eigenvalue weighted by atomic mass is 9.73. The van der Waals surface area contributed by atoms with Crippen LogP contribution in [0.2, 0.25) is 0 Å². The maximum Gasteiger partial charge on any atom is 0.404 e. The van der Waals surface area contributed by atoms with E-state index in [0.29, 0.717) is 55.2 Å². The molecule has 3 N–H and O–H groups in total. The number of ether oxygens (including phenoxy) is 3. The van der Waals surface area contributed by atoms with E-state index in [1.54, 1.807) is 19.5 Å². The largest absolute Gasteiger partial charge is 0.487 e. The topological polar surface area (TPSA) is 142 Å².